The Morgan fingerprint density at radius 2 is 2.21 bits per heavy atom. The summed E-state index contributed by atoms with van der Waals surface area (Å²) < 4.78 is 12.5. The molecule has 2 aliphatic rings. The number of nitrogens with zero attached hydrogens (tertiary/aromatic N) is 3. The van der Waals surface area contributed by atoms with Crippen LogP contribution in [-0.4, -0.2) is 42.1 Å². The number of aromatic nitrogens is 2. The predicted molar refractivity (Wildman–Crippen MR) is 80.2 cm³/mol. The summed E-state index contributed by atoms with van der Waals surface area (Å²) in [5.41, 5.74) is 0. The van der Waals surface area contributed by atoms with Crippen LogP contribution in [0.5, 0.6) is 0 Å². The molecule has 2 aliphatic heterocycles. The van der Waals surface area contributed by atoms with Crippen LogP contribution in [0.3, 0.4) is 0 Å². The number of hydrogen-bond donors (Lipinski definition) is 0. The van der Waals surface area contributed by atoms with E-state index in [0.29, 0.717) is 0 Å². The van der Waals surface area contributed by atoms with Crippen LogP contribution in [0.1, 0.15) is 25.1 Å². The van der Waals surface area contributed by atoms with Crippen LogP contribution in [0.4, 0.5) is 5.82 Å². The zero-order valence-electron chi connectivity index (χ0n) is 11.0. The van der Waals surface area contributed by atoms with E-state index < -0.39 is 0 Å². The summed E-state index contributed by atoms with van der Waals surface area (Å²) in [5, 5.41) is 0. The van der Waals surface area contributed by atoms with Crippen LogP contribution < -0.4 is 4.90 Å². The van der Waals surface area contributed by atoms with Gasteiger partial charge in [0.1, 0.15) is 15.3 Å². The molecule has 0 amide bonds. The van der Waals surface area contributed by atoms with Crippen LogP contribution >= 0.6 is 22.6 Å². The molecule has 6 heteroatoms. The van der Waals surface area contributed by atoms with E-state index in [-0.39, 0.29) is 12.4 Å². The van der Waals surface area contributed by atoms with Crippen LogP contribution in [-0.2, 0) is 9.47 Å². The van der Waals surface area contributed by atoms with Crippen molar-refractivity contribution in [2.75, 3.05) is 24.6 Å². The minimum Gasteiger partial charge on any atom is -0.353 e. The lowest BCUT2D eigenvalue weighted by Crippen LogP contribution is -2.54. The standard InChI is InChI=1S/C13H18IN3O2/c1-9-15-11(14)6-12(16-9)17-7-10(8-17)19-13-4-2-3-5-18-13/h6,10,13H,2-5,7-8H2,1H3. The van der Waals surface area contributed by atoms with Crippen molar-refractivity contribution in [3.63, 3.8) is 0 Å². The summed E-state index contributed by atoms with van der Waals surface area (Å²) >= 11 is 2.23. The quantitative estimate of drug-likeness (QED) is 0.599. The van der Waals surface area contributed by atoms with Crippen molar-refractivity contribution in [1.29, 1.82) is 0 Å². The van der Waals surface area contributed by atoms with E-state index in [0.717, 1.165) is 47.9 Å². The minimum atomic E-state index is 0.00757. The van der Waals surface area contributed by atoms with Crippen molar-refractivity contribution in [3.8, 4) is 0 Å². The van der Waals surface area contributed by atoms with Gasteiger partial charge in [0.15, 0.2) is 6.29 Å². The fourth-order valence-corrected chi connectivity index (χ4v) is 3.05. The Hall–Kier alpha value is -0.470. The van der Waals surface area contributed by atoms with Gasteiger partial charge in [0.05, 0.1) is 6.10 Å². The molecule has 0 radical (unpaired) electrons. The average Bonchev–Trinajstić information content (AvgIpc) is 2.33. The molecule has 0 spiro atoms. The van der Waals surface area contributed by atoms with Crippen molar-refractivity contribution in [1.82, 2.24) is 9.97 Å². The van der Waals surface area contributed by atoms with Gasteiger partial charge in [-0.15, -0.1) is 0 Å². The van der Waals surface area contributed by atoms with Crippen molar-refractivity contribution in [2.45, 2.75) is 38.6 Å². The predicted octanol–water partition coefficient (Wildman–Crippen LogP) is 2.12. The summed E-state index contributed by atoms with van der Waals surface area (Å²) in [7, 11) is 0. The van der Waals surface area contributed by atoms with E-state index in [9.17, 15) is 0 Å². The Morgan fingerprint density at radius 1 is 1.37 bits per heavy atom. The van der Waals surface area contributed by atoms with Crippen molar-refractivity contribution < 1.29 is 9.47 Å². The lowest BCUT2D eigenvalue weighted by atomic mass is 10.1. The molecule has 1 aromatic heterocycles. The lowest BCUT2D eigenvalue weighted by Gasteiger charge is -2.41. The lowest BCUT2D eigenvalue weighted by molar-refractivity contribution is -0.191. The maximum atomic E-state index is 5.93. The molecule has 0 aliphatic carbocycles. The van der Waals surface area contributed by atoms with Gasteiger partial charge >= 0.3 is 0 Å². The third kappa shape index (κ3) is 3.35. The second kappa shape index (κ2) is 5.88. The number of hydrogen-bond acceptors (Lipinski definition) is 5. The number of rotatable bonds is 3. The molecule has 5 nitrogen and oxygen atoms in total. The molecule has 3 heterocycles. The fraction of sp³-hybridized carbons (Fsp3) is 0.692. The van der Waals surface area contributed by atoms with Gasteiger partial charge < -0.3 is 14.4 Å². The van der Waals surface area contributed by atoms with Gasteiger partial charge in [-0.05, 0) is 48.8 Å². The molecular weight excluding hydrogens is 357 g/mol. The summed E-state index contributed by atoms with van der Waals surface area (Å²) in [6.45, 7) is 4.55. The van der Waals surface area contributed by atoms with Gasteiger partial charge in [-0.3, -0.25) is 0 Å². The number of ether oxygens (including phenoxy) is 2. The van der Waals surface area contributed by atoms with E-state index in [1.54, 1.807) is 0 Å². The first-order valence-corrected chi connectivity index (χ1v) is 7.82. The third-order valence-corrected chi connectivity index (χ3v) is 4.00. The number of aryl methyl sites for hydroxylation is 1. The summed E-state index contributed by atoms with van der Waals surface area (Å²) in [5.74, 6) is 1.82. The van der Waals surface area contributed by atoms with Crippen molar-refractivity contribution in [2.24, 2.45) is 0 Å². The molecule has 1 unspecified atom stereocenters. The fourth-order valence-electron chi connectivity index (χ4n) is 2.42. The zero-order chi connectivity index (χ0) is 13.2. The highest BCUT2D eigenvalue weighted by atomic mass is 127. The van der Waals surface area contributed by atoms with E-state index in [1.807, 2.05) is 13.0 Å². The highest BCUT2D eigenvalue weighted by Gasteiger charge is 2.31. The molecule has 0 bridgehead atoms. The second-order valence-corrected chi connectivity index (χ2v) is 6.16. The highest BCUT2D eigenvalue weighted by molar-refractivity contribution is 14.1. The van der Waals surface area contributed by atoms with E-state index in [4.69, 9.17) is 9.47 Å². The highest BCUT2D eigenvalue weighted by Crippen LogP contribution is 2.24. The molecule has 2 fully saturated rings. The smallest absolute Gasteiger partial charge is 0.158 e. The van der Waals surface area contributed by atoms with Gasteiger partial charge in [-0.1, -0.05) is 0 Å². The molecule has 2 saturated heterocycles. The molecule has 0 saturated carbocycles. The number of halogens is 1. The van der Waals surface area contributed by atoms with Crippen molar-refractivity contribution in [3.05, 3.63) is 15.6 Å². The summed E-state index contributed by atoms with van der Waals surface area (Å²) in [4.78, 5) is 11.0. The molecule has 1 aromatic rings. The third-order valence-electron chi connectivity index (χ3n) is 3.45. The Morgan fingerprint density at radius 3 is 2.89 bits per heavy atom. The van der Waals surface area contributed by atoms with Gasteiger partial charge in [0.25, 0.3) is 0 Å². The molecule has 1 atom stereocenters. The second-order valence-electron chi connectivity index (χ2n) is 5.06. The van der Waals surface area contributed by atoms with Crippen LogP contribution in [0.2, 0.25) is 0 Å². The Kier molecular flexibility index (Phi) is 4.18. The average molecular weight is 375 g/mol. The monoisotopic (exact) mass is 375 g/mol. The maximum Gasteiger partial charge on any atom is 0.158 e. The Bertz CT molecular complexity index is 425. The van der Waals surface area contributed by atoms with Crippen molar-refractivity contribution >= 4 is 28.4 Å². The largest absolute Gasteiger partial charge is 0.353 e. The van der Waals surface area contributed by atoms with E-state index in [1.165, 1.54) is 6.42 Å². The molecule has 3 rings (SSSR count). The van der Waals surface area contributed by atoms with E-state index >= 15 is 0 Å². The SMILES string of the molecule is Cc1nc(I)cc(N2CC(OC3CCCCO3)C2)n1. The minimum absolute atomic E-state index is 0.00757. The summed E-state index contributed by atoms with van der Waals surface area (Å²) in [6.07, 6.45) is 3.69. The zero-order valence-corrected chi connectivity index (χ0v) is 13.2. The molecule has 0 aromatic carbocycles. The first-order valence-electron chi connectivity index (χ1n) is 6.74. The normalized spacial score (nSPS) is 24.3. The van der Waals surface area contributed by atoms with Crippen LogP contribution in [0.25, 0.3) is 0 Å². The first-order chi connectivity index (χ1) is 9.20. The molecule has 104 valence electrons. The van der Waals surface area contributed by atoms with Gasteiger partial charge in [-0.2, -0.15) is 0 Å². The van der Waals surface area contributed by atoms with Crippen LogP contribution in [0, 0.1) is 10.6 Å². The van der Waals surface area contributed by atoms with Crippen LogP contribution in [0.15, 0.2) is 6.07 Å². The molecule has 0 N–H and O–H groups in total. The number of anilines is 1. The topological polar surface area (TPSA) is 47.5 Å². The first kappa shape index (κ1) is 13.5. The molecular formula is C13H18IN3O2. The molecule has 19 heavy (non-hydrogen) atoms. The Labute approximate surface area is 126 Å². The van der Waals surface area contributed by atoms with Gasteiger partial charge in [0.2, 0.25) is 0 Å². The van der Waals surface area contributed by atoms with Gasteiger partial charge in [0, 0.05) is 25.8 Å². The van der Waals surface area contributed by atoms with Gasteiger partial charge in [-0.25, -0.2) is 9.97 Å². The van der Waals surface area contributed by atoms with E-state index in [2.05, 4.69) is 37.5 Å². The maximum absolute atomic E-state index is 5.93. The Balaban J connectivity index is 1.51. The summed E-state index contributed by atoms with van der Waals surface area (Å²) in [6, 6.07) is 2.01.